The Labute approximate surface area is 125 Å². The molecule has 4 nitrogen and oxygen atoms in total. The van der Waals surface area contributed by atoms with Gasteiger partial charge in [-0.15, -0.1) is 0 Å². The van der Waals surface area contributed by atoms with E-state index in [9.17, 15) is 0 Å². The monoisotopic (exact) mass is 285 g/mol. The molecule has 0 aliphatic heterocycles. The van der Waals surface area contributed by atoms with Gasteiger partial charge in [-0.1, -0.05) is 13.0 Å². The van der Waals surface area contributed by atoms with E-state index in [1.165, 1.54) is 17.5 Å². The quantitative estimate of drug-likeness (QED) is 0.939. The highest BCUT2D eigenvalue weighted by Crippen LogP contribution is 2.31. The second-order valence-electron chi connectivity index (χ2n) is 5.75. The Balaban J connectivity index is 1.73. The molecule has 21 heavy (non-hydrogen) atoms. The van der Waals surface area contributed by atoms with Crippen LogP contribution in [0.5, 0.6) is 5.75 Å². The molecular weight excluding hydrogens is 262 g/mol. The van der Waals surface area contributed by atoms with E-state index in [-0.39, 0.29) is 6.04 Å². The van der Waals surface area contributed by atoms with Crippen molar-refractivity contribution in [1.82, 2.24) is 9.78 Å². The highest BCUT2D eigenvalue weighted by atomic mass is 16.5. The van der Waals surface area contributed by atoms with Crippen LogP contribution in [0.15, 0.2) is 24.3 Å². The number of fused-ring (bicyclic) bond motifs is 1. The molecular formula is C17H23N3O. The van der Waals surface area contributed by atoms with Crippen molar-refractivity contribution in [3.05, 3.63) is 46.8 Å². The summed E-state index contributed by atoms with van der Waals surface area (Å²) in [6, 6.07) is 8.57. The average molecular weight is 285 g/mol. The normalized spacial score (nSPS) is 17.6. The third-order valence-electron chi connectivity index (χ3n) is 4.25. The van der Waals surface area contributed by atoms with Crippen LogP contribution in [0.1, 0.15) is 48.3 Å². The molecule has 3 rings (SSSR count). The van der Waals surface area contributed by atoms with Gasteiger partial charge >= 0.3 is 0 Å². The Kier molecular flexibility index (Phi) is 3.97. The molecule has 0 spiro atoms. The van der Waals surface area contributed by atoms with Crippen molar-refractivity contribution in [2.45, 2.75) is 45.3 Å². The number of hydrogen-bond acceptors (Lipinski definition) is 3. The molecule has 1 aliphatic rings. The molecule has 0 fully saturated rings. The van der Waals surface area contributed by atoms with E-state index in [0.29, 0.717) is 6.61 Å². The fourth-order valence-corrected chi connectivity index (χ4v) is 2.94. The van der Waals surface area contributed by atoms with Gasteiger partial charge in [-0.05, 0) is 55.0 Å². The Morgan fingerprint density at radius 2 is 2.24 bits per heavy atom. The fourth-order valence-electron chi connectivity index (χ4n) is 2.94. The second kappa shape index (κ2) is 5.90. The van der Waals surface area contributed by atoms with Gasteiger partial charge < -0.3 is 10.5 Å². The first-order valence-electron chi connectivity index (χ1n) is 7.70. The summed E-state index contributed by atoms with van der Waals surface area (Å²) in [5.74, 6) is 0.894. The largest absolute Gasteiger partial charge is 0.487 e. The predicted octanol–water partition coefficient (Wildman–Crippen LogP) is 2.90. The Morgan fingerprint density at radius 1 is 1.38 bits per heavy atom. The smallest absolute Gasteiger partial charge is 0.130 e. The molecule has 0 amide bonds. The molecule has 0 radical (unpaired) electrons. The summed E-state index contributed by atoms with van der Waals surface area (Å²) in [6.07, 6.45) is 4.33. The minimum Gasteiger partial charge on any atom is -0.487 e. The van der Waals surface area contributed by atoms with Crippen molar-refractivity contribution < 1.29 is 4.74 Å². The van der Waals surface area contributed by atoms with Crippen LogP contribution in [-0.4, -0.2) is 9.78 Å². The first kappa shape index (κ1) is 14.1. The number of benzene rings is 1. The van der Waals surface area contributed by atoms with Gasteiger partial charge in [-0.25, -0.2) is 0 Å². The summed E-state index contributed by atoms with van der Waals surface area (Å²) < 4.78 is 7.82. The summed E-state index contributed by atoms with van der Waals surface area (Å²) in [7, 11) is 1.96. The van der Waals surface area contributed by atoms with E-state index in [1.807, 2.05) is 17.8 Å². The van der Waals surface area contributed by atoms with Crippen molar-refractivity contribution in [2.24, 2.45) is 12.8 Å². The van der Waals surface area contributed by atoms with E-state index in [4.69, 9.17) is 10.5 Å². The third-order valence-corrected chi connectivity index (χ3v) is 4.25. The molecule has 1 aliphatic carbocycles. The zero-order valence-electron chi connectivity index (χ0n) is 12.8. The Bertz CT molecular complexity index is 633. The standard InChI is InChI=1S/C17H23N3O/c1-3-13-9-14(20(2)19-13)11-21-15-8-7-12-5-4-6-17(18)16(12)10-15/h7-10,17H,3-6,11,18H2,1-2H3/t17-/m1/s1. The zero-order valence-corrected chi connectivity index (χ0v) is 12.8. The van der Waals surface area contributed by atoms with Gasteiger partial charge in [0.25, 0.3) is 0 Å². The summed E-state index contributed by atoms with van der Waals surface area (Å²) >= 11 is 0. The zero-order chi connectivity index (χ0) is 14.8. The van der Waals surface area contributed by atoms with Crippen molar-refractivity contribution in [2.75, 3.05) is 0 Å². The molecule has 1 aromatic heterocycles. The van der Waals surface area contributed by atoms with E-state index in [1.54, 1.807) is 0 Å². The number of nitrogens with two attached hydrogens (primary N) is 1. The van der Waals surface area contributed by atoms with Gasteiger partial charge in [0.15, 0.2) is 0 Å². The van der Waals surface area contributed by atoms with Gasteiger partial charge in [0.1, 0.15) is 12.4 Å². The van der Waals surface area contributed by atoms with Crippen LogP contribution in [0.25, 0.3) is 0 Å². The highest BCUT2D eigenvalue weighted by Gasteiger charge is 2.17. The summed E-state index contributed by atoms with van der Waals surface area (Å²) in [4.78, 5) is 0. The molecule has 0 saturated carbocycles. The first-order chi connectivity index (χ1) is 10.2. The van der Waals surface area contributed by atoms with E-state index >= 15 is 0 Å². The molecule has 4 heteroatoms. The molecule has 0 saturated heterocycles. The number of aryl methyl sites for hydroxylation is 3. The van der Waals surface area contributed by atoms with Crippen molar-refractivity contribution >= 4 is 0 Å². The lowest BCUT2D eigenvalue weighted by molar-refractivity contribution is 0.294. The summed E-state index contributed by atoms with van der Waals surface area (Å²) in [6.45, 7) is 2.65. The molecule has 2 aromatic rings. The molecule has 0 unspecified atom stereocenters. The van der Waals surface area contributed by atoms with Gasteiger partial charge in [0, 0.05) is 13.1 Å². The number of hydrogen-bond donors (Lipinski definition) is 1. The fraction of sp³-hybridized carbons (Fsp3) is 0.471. The van der Waals surface area contributed by atoms with Crippen molar-refractivity contribution in [1.29, 1.82) is 0 Å². The van der Waals surface area contributed by atoms with Crippen LogP contribution in [-0.2, 0) is 26.5 Å². The van der Waals surface area contributed by atoms with Crippen LogP contribution in [0, 0.1) is 0 Å². The Hall–Kier alpha value is -1.81. The van der Waals surface area contributed by atoms with Crippen LogP contribution in [0.2, 0.25) is 0 Å². The summed E-state index contributed by atoms with van der Waals surface area (Å²) in [5.41, 5.74) is 11.0. The lowest BCUT2D eigenvalue weighted by atomic mass is 9.88. The number of aromatic nitrogens is 2. The van der Waals surface area contributed by atoms with Crippen LogP contribution in [0.3, 0.4) is 0 Å². The molecule has 1 heterocycles. The number of nitrogens with zero attached hydrogens (tertiary/aromatic N) is 2. The van der Waals surface area contributed by atoms with Gasteiger partial charge in [-0.3, -0.25) is 4.68 Å². The lowest BCUT2D eigenvalue weighted by Gasteiger charge is -2.22. The molecule has 1 aromatic carbocycles. The maximum Gasteiger partial charge on any atom is 0.130 e. The first-order valence-corrected chi connectivity index (χ1v) is 7.70. The van der Waals surface area contributed by atoms with Crippen LogP contribution < -0.4 is 10.5 Å². The van der Waals surface area contributed by atoms with Crippen molar-refractivity contribution in [3.8, 4) is 5.75 Å². The van der Waals surface area contributed by atoms with Crippen LogP contribution >= 0.6 is 0 Å². The van der Waals surface area contributed by atoms with E-state index in [0.717, 1.165) is 36.4 Å². The number of rotatable bonds is 4. The van der Waals surface area contributed by atoms with Gasteiger partial charge in [0.05, 0.1) is 11.4 Å². The predicted molar refractivity (Wildman–Crippen MR) is 83.2 cm³/mol. The minimum atomic E-state index is 0.153. The molecule has 1 atom stereocenters. The van der Waals surface area contributed by atoms with Crippen LogP contribution in [0.4, 0.5) is 0 Å². The van der Waals surface area contributed by atoms with Gasteiger partial charge in [0.2, 0.25) is 0 Å². The average Bonchev–Trinajstić information content (AvgIpc) is 2.86. The molecule has 112 valence electrons. The van der Waals surface area contributed by atoms with Gasteiger partial charge in [-0.2, -0.15) is 5.10 Å². The highest BCUT2D eigenvalue weighted by molar-refractivity contribution is 5.39. The van der Waals surface area contributed by atoms with E-state index in [2.05, 4.69) is 30.2 Å². The minimum absolute atomic E-state index is 0.153. The topological polar surface area (TPSA) is 53.1 Å². The van der Waals surface area contributed by atoms with E-state index < -0.39 is 0 Å². The molecule has 2 N–H and O–H groups in total. The maximum absolute atomic E-state index is 6.20. The van der Waals surface area contributed by atoms with Crippen molar-refractivity contribution in [3.63, 3.8) is 0 Å². The summed E-state index contributed by atoms with van der Waals surface area (Å²) in [5, 5.41) is 4.44. The third kappa shape index (κ3) is 2.95. The Morgan fingerprint density at radius 3 is 3.00 bits per heavy atom. The second-order valence-corrected chi connectivity index (χ2v) is 5.75. The number of ether oxygens (including phenoxy) is 1. The SMILES string of the molecule is CCc1cc(COc2ccc3c(c2)[C@H](N)CCC3)n(C)n1. The lowest BCUT2D eigenvalue weighted by Crippen LogP contribution is -2.17. The molecule has 0 bridgehead atoms. The maximum atomic E-state index is 6.20.